The average molecular weight is 254 g/mol. The number of hydrogen-bond donors (Lipinski definition) is 1. The van der Waals surface area contributed by atoms with Crippen LogP contribution in [0.25, 0.3) is 0 Å². The summed E-state index contributed by atoms with van der Waals surface area (Å²) in [6.45, 7) is 4.47. The van der Waals surface area contributed by atoms with E-state index in [1.165, 1.54) is 0 Å². The molecule has 100 valence electrons. The van der Waals surface area contributed by atoms with Crippen molar-refractivity contribution in [2.24, 2.45) is 11.3 Å². The molecule has 1 aliphatic carbocycles. The molecular formula is C12H18N2O4. The zero-order chi connectivity index (χ0) is 13.3. The Morgan fingerprint density at radius 1 is 1.56 bits per heavy atom. The number of carbonyl (C=O) groups is 1. The molecule has 1 aromatic rings. The van der Waals surface area contributed by atoms with Gasteiger partial charge in [0.1, 0.15) is 0 Å². The van der Waals surface area contributed by atoms with Gasteiger partial charge in [0.15, 0.2) is 5.82 Å². The van der Waals surface area contributed by atoms with Crippen LogP contribution in [0.2, 0.25) is 0 Å². The van der Waals surface area contributed by atoms with Gasteiger partial charge in [-0.1, -0.05) is 19.0 Å². The predicted molar refractivity (Wildman–Crippen MR) is 62.1 cm³/mol. The third-order valence-electron chi connectivity index (χ3n) is 3.59. The third-order valence-corrected chi connectivity index (χ3v) is 3.59. The number of rotatable bonds is 6. The van der Waals surface area contributed by atoms with Crippen molar-refractivity contribution in [2.75, 3.05) is 13.7 Å². The molecule has 1 saturated carbocycles. The fraction of sp³-hybridized carbons (Fsp3) is 0.750. The molecule has 2 unspecified atom stereocenters. The van der Waals surface area contributed by atoms with Crippen LogP contribution in [0.4, 0.5) is 0 Å². The van der Waals surface area contributed by atoms with Gasteiger partial charge in [-0.05, 0) is 11.8 Å². The molecule has 0 amide bonds. The molecule has 1 fully saturated rings. The highest BCUT2D eigenvalue weighted by Crippen LogP contribution is 2.63. The molecule has 6 heteroatoms. The maximum Gasteiger partial charge on any atom is 0.307 e. The Kier molecular flexibility index (Phi) is 3.38. The van der Waals surface area contributed by atoms with Gasteiger partial charge < -0.3 is 14.4 Å². The maximum absolute atomic E-state index is 11.1. The SMILES string of the molecule is COCCCc1noc(C2C(C(=O)O)C2(C)C)n1. The fourth-order valence-corrected chi connectivity index (χ4v) is 2.43. The highest BCUT2D eigenvalue weighted by molar-refractivity contribution is 5.77. The van der Waals surface area contributed by atoms with Gasteiger partial charge in [0.05, 0.1) is 11.8 Å². The Morgan fingerprint density at radius 3 is 2.83 bits per heavy atom. The quantitative estimate of drug-likeness (QED) is 0.774. The summed E-state index contributed by atoms with van der Waals surface area (Å²) < 4.78 is 10.1. The summed E-state index contributed by atoms with van der Waals surface area (Å²) in [5.41, 5.74) is -0.303. The highest BCUT2D eigenvalue weighted by atomic mass is 16.5. The molecule has 1 N–H and O–H groups in total. The number of aryl methyl sites for hydroxylation is 1. The fourth-order valence-electron chi connectivity index (χ4n) is 2.43. The monoisotopic (exact) mass is 254 g/mol. The Balaban J connectivity index is 2.01. The first-order valence-corrected chi connectivity index (χ1v) is 6.02. The van der Waals surface area contributed by atoms with Crippen LogP contribution in [-0.4, -0.2) is 34.9 Å². The largest absolute Gasteiger partial charge is 0.481 e. The summed E-state index contributed by atoms with van der Waals surface area (Å²) >= 11 is 0. The molecule has 1 aliphatic rings. The van der Waals surface area contributed by atoms with Gasteiger partial charge in [-0.2, -0.15) is 4.98 Å². The summed E-state index contributed by atoms with van der Waals surface area (Å²) in [5, 5.41) is 13.0. The van der Waals surface area contributed by atoms with E-state index in [1.807, 2.05) is 13.8 Å². The van der Waals surface area contributed by atoms with E-state index in [0.717, 1.165) is 6.42 Å². The zero-order valence-corrected chi connectivity index (χ0v) is 10.8. The molecule has 0 aliphatic heterocycles. The molecule has 18 heavy (non-hydrogen) atoms. The van der Waals surface area contributed by atoms with E-state index >= 15 is 0 Å². The van der Waals surface area contributed by atoms with Crippen molar-refractivity contribution in [3.63, 3.8) is 0 Å². The van der Waals surface area contributed by atoms with Crippen LogP contribution in [0.5, 0.6) is 0 Å². The van der Waals surface area contributed by atoms with Crippen LogP contribution in [0.15, 0.2) is 4.52 Å². The van der Waals surface area contributed by atoms with Crippen LogP contribution in [0, 0.1) is 11.3 Å². The first kappa shape index (κ1) is 13.0. The number of aliphatic carboxylic acids is 1. The van der Waals surface area contributed by atoms with E-state index in [1.54, 1.807) is 7.11 Å². The van der Waals surface area contributed by atoms with Crippen LogP contribution in [-0.2, 0) is 16.0 Å². The topological polar surface area (TPSA) is 85.5 Å². The second-order valence-electron chi connectivity index (χ2n) is 5.26. The van der Waals surface area contributed by atoms with E-state index < -0.39 is 11.9 Å². The maximum atomic E-state index is 11.1. The van der Waals surface area contributed by atoms with Gasteiger partial charge >= 0.3 is 5.97 Å². The van der Waals surface area contributed by atoms with Gasteiger partial charge in [-0.25, -0.2) is 0 Å². The van der Waals surface area contributed by atoms with Gasteiger partial charge in [0, 0.05) is 20.1 Å². The van der Waals surface area contributed by atoms with E-state index in [-0.39, 0.29) is 11.3 Å². The van der Waals surface area contributed by atoms with E-state index in [0.29, 0.717) is 24.7 Å². The van der Waals surface area contributed by atoms with Crippen LogP contribution in [0.1, 0.15) is 37.9 Å². The van der Waals surface area contributed by atoms with E-state index in [4.69, 9.17) is 14.4 Å². The number of hydrogen-bond acceptors (Lipinski definition) is 5. The van der Waals surface area contributed by atoms with Gasteiger partial charge in [-0.3, -0.25) is 4.79 Å². The number of nitrogens with zero attached hydrogens (tertiary/aromatic N) is 2. The Hall–Kier alpha value is -1.43. The Morgan fingerprint density at radius 2 is 2.28 bits per heavy atom. The minimum Gasteiger partial charge on any atom is -0.481 e. The minimum absolute atomic E-state index is 0.168. The second kappa shape index (κ2) is 4.68. The number of ether oxygens (including phenoxy) is 1. The summed E-state index contributed by atoms with van der Waals surface area (Å²) in [6, 6.07) is 0. The van der Waals surface area contributed by atoms with Crippen molar-refractivity contribution in [3.05, 3.63) is 11.7 Å². The lowest BCUT2D eigenvalue weighted by atomic mass is 10.1. The van der Waals surface area contributed by atoms with Gasteiger partial charge in [0.2, 0.25) is 5.89 Å². The molecule has 0 aromatic carbocycles. The van der Waals surface area contributed by atoms with Crippen molar-refractivity contribution < 1.29 is 19.2 Å². The predicted octanol–water partition coefficient (Wildman–Crippen LogP) is 1.47. The lowest BCUT2D eigenvalue weighted by Crippen LogP contribution is -2.03. The van der Waals surface area contributed by atoms with Crippen LogP contribution >= 0.6 is 0 Å². The molecule has 0 radical (unpaired) electrons. The number of carboxylic acids is 1. The molecule has 6 nitrogen and oxygen atoms in total. The lowest BCUT2D eigenvalue weighted by Gasteiger charge is -1.96. The summed E-state index contributed by atoms with van der Waals surface area (Å²) in [5.74, 6) is -0.332. The van der Waals surface area contributed by atoms with Gasteiger partial charge in [-0.15, -0.1) is 0 Å². The summed E-state index contributed by atoms with van der Waals surface area (Å²) in [4.78, 5) is 15.3. The molecule has 1 heterocycles. The standard InChI is InChI=1S/C12H18N2O4/c1-12(2)8(9(12)11(15)16)10-13-7(14-18-10)5-4-6-17-3/h8-9H,4-6H2,1-3H3,(H,15,16). The molecule has 1 aromatic heterocycles. The molecule has 0 bridgehead atoms. The minimum atomic E-state index is -0.802. The normalized spacial score (nSPS) is 25.1. The Labute approximate surface area is 105 Å². The van der Waals surface area contributed by atoms with Crippen LogP contribution < -0.4 is 0 Å². The van der Waals surface area contributed by atoms with E-state index in [9.17, 15) is 4.79 Å². The zero-order valence-electron chi connectivity index (χ0n) is 10.8. The smallest absolute Gasteiger partial charge is 0.307 e. The number of aromatic nitrogens is 2. The van der Waals surface area contributed by atoms with Gasteiger partial charge in [0.25, 0.3) is 0 Å². The molecule has 0 saturated heterocycles. The average Bonchev–Trinajstić information content (AvgIpc) is 2.68. The van der Waals surface area contributed by atoms with E-state index in [2.05, 4.69) is 10.1 Å². The molecule has 2 atom stereocenters. The first-order chi connectivity index (χ1) is 8.48. The Bertz CT molecular complexity index is 441. The summed E-state index contributed by atoms with van der Waals surface area (Å²) in [7, 11) is 1.64. The second-order valence-corrected chi connectivity index (χ2v) is 5.26. The number of carboxylic acid groups (broad SMARTS) is 1. The molecule has 0 spiro atoms. The first-order valence-electron chi connectivity index (χ1n) is 6.02. The number of methoxy groups -OCH3 is 1. The third kappa shape index (κ3) is 2.25. The van der Waals surface area contributed by atoms with Crippen molar-refractivity contribution >= 4 is 5.97 Å². The van der Waals surface area contributed by atoms with Crippen molar-refractivity contribution in [3.8, 4) is 0 Å². The molecular weight excluding hydrogens is 236 g/mol. The molecule has 2 rings (SSSR count). The summed E-state index contributed by atoms with van der Waals surface area (Å²) in [6.07, 6.45) is 1.51. The highest BCUT2D eigenvalue weighted by Gasteiger charge is 2.65. The van der Waals surface area contributed by atoms with Crippen LogP contribution in [0.3, 0.4) is 0 Å². The van der Waals surface area contributed by atoms with Crippen molar-refractivity contribution in [1.82, 2.24) is 10.1 Å². The lowest BCUT2D eigenvalue weighted by molar-refractivity contribution is -0.139. The van der Waals surface area contributed by atoms with Crippen molar-refractivity contribution in [1.29, 1.82) is 0 Å². The van der Waals surface area contributed by atoms with Crippen molar-refractivity contribution in [2.45, 2.75) is 32.6 Å².